The number of aliphatic carboxylic acids is 4. The van der Waals surface area contributed by atoms with E-state index in [1.807, 2.05) is 0 Å². The molecule has 1 heterocycles. The zero-order chi connectivity index (χ0) is 84.7. The zero-order valence-corrected chi connectivity index (χ0v) is 63.6. The first-order valence-corrected chi connectivity index (χ1v) is 37.6. The van der Waals surface area contributed by atoms with Crippen molar-refractivity contribution in [1.29, 1.82) is 0 Å². The summed E-state index contributed by atoms with van der Waals surface area (Å²) >= 11 is 0. The number of phenolic OH excluding ortho intramolecular Hbond substituents is 2. The number of phenols is 2. The molecule has 0 unspecified atom stereocenters. The quantitative estimate of drug-likeness (QED) is 0.0213. The number of hydrogen-bond acceptors (Lipinski definition) is 22. The number of nitrogens with one attached hydrogen (secondary N) is 10. The first-order valence-electron chi connectivity index (χ1n) is 36.3. The largest absolute Gasteiger partial charge is 0.508 e. The minimum Gasteiger partial charge on any atom is -0.508 e. The molecule has 4 aromatic rings. The van der Waals surface area contributed by atoms with Crippen molar-refractivity contribution < 1.29 is 125 Å². The number of primary amides is 1. The smallest absolute Gasteiger partial charge is 0.446 e. The Kier molecular flexibility index (Phi) is 36.1. The SMILES string of the molecule is CC[C@H](C)[C@H](NC(=O)[C@H](CCC(=O)O)NC(=O)[C@H](CCC(=O)O)NC(=O)[C@H](Cc1ccccc1)NC(=O)[C@H](CC(=O)O)NC(=O)CN)C(=O)N1CCC[C@H]1C(=O)N[C@@H](Cc1ccc(O)cc1)C(=O)N[C@@H](Cc1ccc(OS(=O)(=O)O)cc1)C(=O)N[C@@H](Cc1ccc(O)cc1)C(=O)N[C@@H](CC(C)C)C(=O)N[C@@H](CCC(N)=O)C(=O)O. The van der Waals surface area contributed by atoms with Crippen molar-refractivity contribution in [1.82, 2.24) is 58.1 Å². The maximum atomic E-state index is 15.2. The average Bonchev–Trinajstić information content (AvgIpc) is 1.67. The van der Waals surface area contributed by atoms with Crippen molar-refractivity contribution in [2.45, 2.75) is 190 Å². The maximum Gasteiger partial charge on any atom is 0.446 e. The molecule has 12 atom stereocenters. The number of nitrogens with two attached hydrogens (primary N) is 2. The number of likely N-dealkylation sites (tertiary alicyclic amines) is 1. The molecule has 0 spiro atoms. The van der Waals surface area contributed by atoms with Crippen LogP contribution in [-0.4, -0.2) is 223 Å². The molecule has 114 heavy (non-hydrogen) atoms. The van der Waals surface area contributed by atoms with Crippen molar-refractivity contribution in [2.75, 3.05) is 13.1 Å². The van der Waals surface area contributed by atoms with Gasteiger partial charge in [-0.05, 0) is 109 Å². The van der Waals surface area contributed by atoms with Crippen molar-refractivity contribution in [2.24, 2.45) is 23.3 Å². The molecule has 21 N–H and O–H groups in total. The number of carboxylic acids is 4. The molecule has 1 saturated heterocycles. The second kappa shape index (κ2) is 44.6. The Morgan fingerprint density at radius 1 is 0.482 bits per heavy atom. The Morgan fingerprint density at radius 3 is 1.28 bits per heavy atom. The molecule has 1 aliphatic heterocycles. The van der Waals surface area contributed by atoms with Crippen LogP contribution in [0, 0.1) is 11.8 Å². The van der Waals surface area contributed by atoms with Crippen LogP contribution < -0.4 is 68.8 Å². The summed E-state index contributed by atoms with van der Waals surface area (Å²) in [6.45, 7) is 5.75. The maximum absolute atomic E-state index is 15.2. The van der Waals surface area contributed by atoms with Gasteiger partial charge in [-0.1, -0.05) is 101 Å². The summed E-state index contributed by atoms with van der Waals surface area (Å²) in [5.74, 6) is -20.6. The number of carbonyl (C=O) groups excluding carboxylic acids is 12. The van der Waals surface area contributed by atoms with Crippen LogP contribution in [0.1, 0.15) is 121 Å². The summed E-state index contributed by atoms with van der Waals surface area (Å²) in [7, 11) is -5.05. The first-order chi connectivity index (χ1) is 53.7. The van der Waals surface area contributed by atoms with Gasteiger partial charge in [-0.2, -0.15) is 8.42 Å². The summed E-state index contributed by atoms with van der Waals surface area (Å²) < 4.78 is 37.2. The molecule has 12 amide bonds. The van der Waals surface area contributed by atoms with Gasteiger partial charge < -0.3 is 104 Å². The highest BCUT2D eigenvalue weighted by atomic mass is 32.3. The summed E-state index contributed by atoms with van der Waals surface area (Å²) in [6, 6.07) is 4.74. The van der Waals surface area contributed by atoms with E-state index in [9.17, 15) is 101 Å². The van der Waals surface area contributed by atoms with Gasteiger partial charge in [0.1, 0.15) is 83.7 Å². The van der Waals surface area contributed by atoms with Crippen molar-refractivity contribution in [3.8, 4) is 17.2 Å². The van der Waals surface area contributed by atoms with Crippen LogP contribution in [-0.2, 0) is 113 Å². The Hall–Kier alpha value is -12.3. The minimum atomic E-state index is -5.05. The fourth-order valence-corrected chi connectivity index (χ4v) is 12.4. The number of carboxylic acid groups (broad SMARTS) is 4. The number of amides is 12. The lowest BCUT2D eigenvalue weighted by Crippen LogP contribution is -2.61. The van der Waals surface area contributed by atoms with E-state index < -0.39 is 248 Å². The van der Waals surface area contributed by atoms with Crippen molar-refractivity contribution in [3.63, 3.8) is 0 Å². The number of carbonyl (C=O) groups is 16. The van der Waals surface area contributed by atoms with Crippen molar-refractivity contribution in [3.05, 3.63) is 125 Å². The van der Waals surface area contributed by atoms with Gasteiger partial charge >= 0.3 is 34.3 Å². The molecule has 620 valence electrons. The van der Waals surface area contributed by atoms with E-state index in [2.05, 4.69) is 57.4 Å². The van der Waals surface area contributed by atoms with E-state index in [-0.39, 0.29) is 68.1 Å². The van der Waals surface area contributed by atoms with Gasteiger partial charge in [-0.25, -0.2) is 4.79 Å². The van der Waals surface area contributed by atoms with E-state index in [1.165, 1.54) is 60.7 Å². The lowest BCUT2D eigenvalue weighted by atomic mass is 9.96. The third-order valence-corrected chi connectivity index (χ3v) is 18.6. The molecular weight excluding hydrogens is 1520 g/mol. The van der Waals surface area contributed by atoms with E-state index in [1.54, 1.807) is 58.0 Å². The van der Waals surface area contributed by atoms with Gasteiger partial charge in [0.2, 0.25) is 70.9 Å². The molecule has 4 aromatic carbocycles. The summed E-state index contributed by atoms with van der Waals surface area (Å²) in [5, 5.41) is 84.0. The molecule has 0 aromatic heterocycles. The zero-order valence-electron chi connectivity index (χ0n) is 62.7. The summed E-state index contributed by atoms with van der Waals surface area (Å²) in [4.78, 5) is 219. The second-order valence-corrected chi connectivity index (χ2v) is 28.6. The van der Waals surface area contributed by atoms with Crippen LogP contribution in [0.2, 0.25) is 0 Å². The molecule has 40 heteroatoms. The Balaban J connectivity index is 1.49. The van der Waals surface area contributed by atoms with Crippen LogP contribution in [0.3, 0.4) is 0 Å². The highest BCUT2D eigenvalue weighted by Crippen LogP contribution is 2.24. The van der Waals surface area contributed by atoms with Crippen molar-refractivity contribution >= 4 is 105 Å². The lowest BCUT2D eigenvalue weighted by molar-refractivity contribution is -0.144. The number of nitrogens with zero attached hydrogens (tertiary/aromatic N) is 1. The fourth-order valence-electron chi connectivity index (χ4n) is 12.0. The number of rotatable bonds is 47. The van der Waals surface area contributed by atoms with Gasteiger partial charge in [0.05, 0.1) is 13.0 Å². The molecule has 39 nitrogen and oxygen atoms in total. The number of benzene rings is 4. The Labute approximate surface area is 654 Å². The Morgan fingerprint density at radius 2 is 0.868 bits per heavy atom. The van der Waals surface area contributed by atoms with Crippen LogP contribution >= 0.6 is 0 Å². The van der Waals surface area contributed by atoms with Gasteiger partial charge in [-0.3, -0.25) is 76.5 Å². The van der Waals surface area contributed by atoms with E-state index >= 15 is 19.2 Å². The van der Waals surface area contributed by atoms with Gasteiger partial charge in [-0.15, -0.1) is 0 Å². The summed E-state index contributed by atoms with van der Waals surface area (Å²) in [6.07, 6.45) is -6.33. The van der Waals surface area contributed by atoms with Crippen LogP contribution in [0.15, 0.2) is 103 Å². The molecule has 0 radical (unpaired) electrons. The third-order valence-electron chi connectivity index (χ3n) is 18.2. The lowest BCUT2D eigenvalue weighted by Gasteiger charge is -2.33. The predicted octanol–water partition coefficient (Wildman–Crippen LogP) is -2.01. The predicted molar refractivity (Wildman–Crippen MR) is 400 cm³/mol. The van der Waals surface area contributed by atoms with Gasteiger partial charge in [0, 0.05) is 51.5 Å². The molecule has 1 fully saturated rings. The monoisotopic (exact) mass is 1620 g/mol. The van der Waals surface area contributed by atoms with E-state index in [4.69, 9.17) is 11.5 Å². The standard InChI is InChI=1S/C74H97N13O26S/c1-5-40(4)63(86-65(99)49(27-30-61(94)95)78-64(98)48(26-29-60(92)93)79-67(101)52(33-41-10-7-6-8-11-41)84-71(105)56(37-62(96)97)77-59(91)38-75)73(107)87-31-9-12-57(87)72(106)85-55(35-43-15-21-46(89)22-16-43)70(104)83-54(36-44-17-23-47(24-18-44)113-114(110,111)112)69(103)82-53(34-42-13-19-45(88)20-14-42)68(102)81-51(32-39(2)3)66(100)80-50(74(108)109)25-28-58(76)90/h6-8,10-11,13-24,39-40,48-57,63,88-89H,5,9,12,25-38,75H2,1-4H3,(H2,76,90)(H,77,91)(H,78,98)(H,79,101)(H,80,100)(H,81,102)(H,82,103)(H,83,104)(H,84,105)(H,85,106)(H,86,99)(H,92,93)(H,94,95)(H,96,97)(H,108,109)(H,110,111,112)/t40-,48-,49-,50-,51-,52-,53-,54-,55-,56-,57-,63-/m0/s1. The molecule has 0 aliphatic carbocycles. The third kappa shape index (κ3) is 31.4. The Bertz CT molecular complexity index is 4190. The molecule has 1 aliphatic rings. The summed E-state index contributed by atoms with van der Waals surface area (Å²) in [5.41, 5.74) is 11.8. The van der Waals surface area contributed by atoms with Crippen LogP contribution in [0.5, 0.6) is 17.2 Å². The second-order valence-electron chi connectivity index (χ2n) is 27.6. The highest BCUT2D eigenvalue weighted by Gasteiger charge is 2.43. The molecule has 0 bridgehead atoms. The minimum absolute atomic E-state index is 0.0708. The average molecular weight is 1620 g/mol. The fraction of sp³-hybridized carbons (Fsp3) is 0.459. The topological polar surface area (TPSA) is 634 Å². The van der Waals surface area contributed by atoms with E-state index in [0.717, 1.165) is 17.0 Å². The van der Waals surface area contributed by atoms with E-state index in [0.29, 0.717) is 16.7 Å². The van der Waals surface area contributed by atoms with Gasteiger partial charge in [0.15, 0.2) is 0 Å². The number of hydrogen-bond donors (Lipinski definition) is 19. The molecule has 0 saturated carbocycles. The molecule has 5 rings (SSSR count). The molecular formula is C74H97N13O26S. The highest BCUT2D eigenvalue weighted by molar-refractivity contribution is 7.81. The van der Waals surface area contributed by atoms with Crippen LogP contribution in [0.4, 0.5) is 0 Å². The van der Waals surface area contributed by atoms with Crippen LogP contribution in [0.25, 0.3) is 0 Å². The number of aromatic hydroxyl groups is 2. The first kappa shape index (κ1) is 92.3. The normalized spacial score (nSPS) is 15.4. The van der Waals surface area contributed by atoms with Gasteiger partial charge in [0.25, 0.3) is 0 Å².